The average Bonchev–Trinajstić information content (AvgIpc) is 1.93. The van der Waals surface area contributed by atoms with Crippen LogP contribution < -0.4 is 34.4 Å². The van der Waals surface area contributed by atoms with Crippen LogP contribution in [-0.2, 0) is 10.4 Å². The molecule has 0 bridgehead atoms. The number of aliphatic imine (C=N–C) groups is 2. The number of carbonyl (C=O) groups is 2. The molecule has 4 amide bonds. The molecule has 0 saturated heterocycles. The molecule has 0 aliphatic rings. The maximum absolute atomic E-state index is 9.68. The smallest absolute Gasteiger partial charge is 0.370 e. The molecule has 0 fully saturated rings. The Morgan fingerprint density at radius 2 is 0.895 bits per heavy atom. The van der Waals surface area contributed by atoms with Gasteiger partial charge in [0.05, 0.1) is 0 Å². The van der Waals surface area contributed by atoms with Crippen molar-refractivity contribution in [3.8, 4) is 0 Å². The van der Waals surface area contributed by atoms with E-state index in [0.717, 1.165) is 0 Å². The highest BCUT2D eigenvalue weighted by atomic mass is 32.3. The third-order valence-corrected chi connectivity index (χ3v) is 0.479. The molecule has 0 aromatic carbocycles. The normalized spacial score (nSPS) is 8.53. The van der Waals surface area contributed by atoms with Gasteiger partial charge in [0.15, 0.2) is 11.9 Å². The van der Waals surface area contributed by atoms with E-state index in [4.69, 9.17) is 40.5 Å². The Balaban J connectivity index is -0.000000206. The number of rotatable bonds is 0. The summed E-state index contributed by atoms with van der Waals surface area (Å²) in [7, 11) is -4.67. The van der Waals surface area contributed by atoms with Crippen molar-refractivity contribution in [3.05, 3.63) is 0 Å². The van der Waals surface area contributed by atoms with Crippen LogP contribution in [0.5, 0.6) is 0 Å². The zero-order valence-electron chi connectivity index (χ0n) is 9.29. The lowest BCUT2D eigenvalue weighted by molar-refractivity contribution is 0.256. The molecule has 0 saturated carbocycles. The van der Waals surface area contributed by atoms with Crippen molar-refractivity contribution in [1.82, 2.24) is 0 Å². The van der Waals surface area contributed by atoms with Gasteiger partial charge in [0.1, 0.15) is 0 Å². The number of nitrogens with zero attached hydrogens (tertiary/aromatic N) is 2. The summed E-state index contributed by atoms with van der Waals surface area (Å²) in [5, 5.41) is 0. The molecule has 0 heterocycles. The predicted molar refractivity (Wildman–Crippen MR) is 65.0 cm³/mol. The van der Waals surface area contributed by atoms with E-state index in [1.165, 1.54) is 0 Å². The van der Waals surface area contributed by atoms with Gasteiger partial charge in [0.2, 0.25) is 0 Å². The number of carbonyl (C=O) groups excluding carboxylic acids is 2. The summed E-state index contributed by atoms with van der Waals surface area (Å²) in [5.74, 6) is -0.625. The molecule has 0 aliphatic carbocycles. The van der Waals surface area contributed by atoms with E-state index in [1.54, 1.807) is 0 Å². The minimum absolute atomic E-state index is 0.312. The number of urea groups is 2. The van der Waals surface area contributed by atoms with Crippen molar-refractivity contribution < 1.29 is 27.1 Å². The van der Waals surface area contributed by atoms with Crippen molar-refractivity contribution in [2.45, 2.75) is 0 Å². The maximum atomic E-state index is 9.68. The molecule has 0 aliphatic heterocycles. The van der Waals surface area contributed by atoms with E-state index in [9.17, 15) is 9.59 Å². The van der Waals surface area contributed by atoms with Crippen LogP contribution in [0, 0.1) is 0 Å². The molecule has 15 heteroatoms. The second-order valence-electron chi connectivity index (χ2n) is 2.20. The number of nitrogens with two attached hydrogens (primary N) is 6. The first-order chi connectivity index (χ1) is 8.25. The number of amides is 4. The van der Waals surface area contributed by atoms with Gasteiger partial charge in [-0.05, 0) is 0 Å². The monoisotopic (exact) mass is 302 g/mol. The van der Waals surface area contributed by atoms with Crippen LogP contribution in [0.4, 0.5) is 9.59 Å². The van der Waals surface area contributed by atoms with E-state index in [2.05, 4.69) is 21.5 Å². The van der Waals surface area contributed by atoms with E-state index < -0.39 is 22.5 Å². The fourth-order valence-corrected chi connectivity index (χ4v) is 0.254. The molecule has 0 atom stereocenters. The third-order valence-electron chi connectivity index (χ3n) is 0.479. The summed E-state index contributed by atoms with van der Waals surface area (Å²) in [6.07, 6.45) is 0. The van der Waals surface area contributed by atoms with Crippen molar-refractivity contribution in [1.29, 1.82) is 0 Å². The summed E-state index contributed by atoms with van der Waals surface area (Å²) in [6, 6.07) is -1.75. The largest absolute Gasteiger partial charge is 0.394 e. The van der Waals surface area contributed by atoms with Crippen LogP contribution in [-0.4, -0.2) is 41.5 Å². The summed E-state index contributed by atoms with van der Waals surface area (Å²) < 4.78 is 31.6. The Kier molecular flexibility index (Phi) is 11.9. The molecular weight excluding hydrogens is 288 g/mol. The standard InChI is InChI=1S/2C2H6N4O.H2O4S/c2*3-1(4)6-2(5)7;1-5(2,3)4/h2*(H6,3,4,5,6,7);(H2,1,2,3,4). The lowest BCUT2D eigenvalue weighted by Crippen LogP contribution is -2.25. The van der Waals surface area contributed by atoms with E-state index in [1.807, 2.05) is 0 Å². The Labute approximate surface area is 107 Å². The lowest BCUT2D eigenvalue weighted by atomic mass is 11.0. The highest BCUT2D eigenvalue weighted by Gasteiger charge is 1.85. The quantitative estimate of drug-likeness (QED) is 0.122. The van der Waals surface area contributed by atoms with Gasteiger partial charge in [-0.3, -0.25) is 9.11 Å². The number of hydrogen-bond donors (Lipinski definition) is 8. The topological polar surface area (TPSA) is 290 Å². The molecule has 0 aromatic rings. The lowest BCUT2D eigenvalue weighted by Gasteiger charge is -1.82. The first-order valence-corrected chi connectivity index (χ1v) is 5.13. The fourth-order valence-electron chi connectivity index (χ4n) is 0.254. The van der Waals surface area contributed by atoms with E-state index in [0.29, 0.717) is 0 Å². The first-order valence-electron chi connectivity index (χ1n) is 3.73. The fraction of sp³-hybridized carbons (Fsp3) is 0. The molecule has 14 nitrogen and oxygen atoms in total. The number of hydrogen-bond acceptors (Lipinski definition) is 4. The van der Waals surface area contributed by atoms with Gasteiger partial charge in [0.25, 0.3) is 0 Å². The van der Waals surface area contributed by atoms with Crippen LogP contribution >= 0.6 is 0 Å². The number of guanidine groups is 2. The van der Waals surface area contributed by atoms with Gasteiger partial charge in [0, 0.05) is 0 Å². The molecule has 112 valence electrons. The van der Waals surface area contributed by atoms with E-state index >= 15 is 0 Å². The van der Waals surface area contributed by atoms with Gasteiger partial charge >= 0.3 is 22.5 Å². The minimum Gasteiger partial charge on any atom is -0.370 e. The first kappa shape index (κ1) is 21.6. The van der Waals surface area contributed by atoms with Crippen molar-refractivity contribution >= 4 is 34.4 Å². The van der Waals surface area contributed by atoms with Gasteiger partial charge in [-0.15, -0.1) is 0 Å². The highest BCUT2D eigenvalue weighted by Crippen LogP contribution is 1.61. The van der Waals surface area contributed by atoms with Crippen molar-refractivity contribution in [3.63, 3.8) is 0 Å². The molecule has 0 radical (unpaired) electrons. The van der Waals surface area contributed by atoms with Crippen molar-refractivity contribution in [2.75, 3.05) is 0 Å². The Hall–Kier alpha value is -2.65. The van der Waals surface area contributed by atoms with Crippen molar-refractivity contribution in [2.24, 2.45) is 44.4 Å². The van der Waals surface area contributed by atoms with Gasteiger partial charge in [-0.25, -0.2) is 9.59 Å². The second kappa shape index (κ2) is 10.5. The Morgan fingerprint density at radius 1 is 0.737 bits per heavy atom. The molecule has 0 unspecified atom stereocenters. The molecule has 0 rings (SSSR count). The van der Waals surface area contributed by atoms with Gasteiger partial charge in [-0.2, -0.15) is 18.4 Å². The summed E-state index contributed by atoms with van der Waals surface area (Å²) in [6.45, 7) is 0. The zero-order valence-corrected chi connectivity index (χ0v) is 10.1. The van der Waals surface area contributed by atoms with Crippen LogP contribution in [0.25, 0.3) is 0 Å². The van der Waals surface area contributed by atoms with Crippen LogP contribution in [0.1, 0.15) is 0 Å². The summed E-state index contributed by atoms with van der Waals surface area (Å²) in [4.78, 5) is 25.1. The minimum atomic E-state index is -4.67. The highest BCUT2D eigenvalue weighted by molar-refractivity contribution is 7.79. The summed E-state index contributed by atoms with van der Waals surface area (Å²) >= 11 is 0. The van der Waals surface area contributed by atoms with Gasteiger partial charge < -0.3 is 34.4 Å². The number of primary amides is 2. The zero-order chi connectivity index (χ0) is 16.2. The molecular formula is C4H14N8O6S. The average molecular weight is 302 g/mol. The summed E-state index contributed by atoms with van der Waals surface area (Å²) in [5.41, 5.74) is 27.9. The molecule has 0 spiro atoms. The molecule has 19 heavy (non-hydrogen) atoms. The molecule has 0 aromatic heterocycles. The third kappa shape index (κ3) is 95.6. The van der Waals surface area contributed by atoms with Crippen LogP contribution in [0.15, 0.2) is 9.98 Å². The Bertz CT molecular complexity index is 410. The SMILES string of the molecule is NC(=O)N=C(N)N.NC(=O)N=C(N)N.O=S(=O)(O)O. The van der Waals surface area contributed by atoms with E-state index in [-0.39, 0.29) is 11.9 Å². The van der Waals surface area contributed by atoms with Crippen LogP contribution in [0.2, 0.25) is 0 Å². The molecule has 14 N–H and O–H groups in total. The second-order valence-corrected chi connectivity index (χ2v) is 3.09. The Morgan fingerprint density at radius 3 is 0.895 bits per heavy atom. The predicted octanol–water partition coefficient (Wildman–Crippen LogP) is -3.98. The maximum Gasteiger partial charge on any atom is 0.394 e. The van der Waals surface area contributed by atoms with Gasteiger partial charge in [-0.1, -0.05) is 0 Å². The van der Waals surface area contributed by atoms with Crippen LogP contribution in [0.3, 0.4) is 0 Å².